The molecule has 0 radical (unpaired) electrons. The Morgan fingerprint density at radius 2 is 1.83 bits per heavy atom. The summed E-state index contributed by atoms with van der Waals surface area (Å²) in [6, 6.07) is 8.92. The predicted molar refractivity (Wildman–Crippen MR) is 78.1 cm³/mol. The molecule has 2 atom stereocenters. The van der Waals surface area contributed by atoms with Crippen molar-refractivity contribution in [2.24, 2.45) is 0 Å². The molecule has 2 N–H and O–H groups in total. The zero-order valence-corrected chi connectivity index (χ0v) is 12.0. The predicted octanol–water partition coefficient (Wildman–Crippen LogP) is 2.56. The van der Waals surface area contributed by atoms with E-state index in [0.717, 1.165) is 18.7 Å². The maximum atomic E-state index is 9.37. The van der Waals surface area contributed by atoms with E-state index >= 15 is 0 Å². The van der Waals surface area contributed by atoms with Crippen molar-refractivity contribution in [1.29, 1.82) is 0 Å². The Balaban J connectivity index is 2.61. The molecule has 0 aliphatic rings. The van der Waals surface area contributed by atoms with Gasteiger partial charge in [0.05, 0.1) is 6.10 Å². The molecular weight excluding hydrogens is 224 g/mol. The Hall–Kier alpha value is -1.06. The quantitative estimate of drug-likeness (QED) is 0.780. The molecule has 0 bridgehead atoms. The first-order valence-electron chi connectivity index (χ1n) is 6.77. The van der Waals surface area contributed by atoms with Crippen LogP contribution in [0.1, 0.15) is 38.8 Å². The Morgan fingerprint density at radius 1 is 1.22 bits per heavy atom. The van der Waals surface area contributed by atoms with Gasteiger partial charge in [-0.2, -0.15) is 0 Å². The number of hydrogen-bond acceptors (Lipinski definition) is 3. The number of hydrogen-bond donors (Lipinski definition) is 2. The Bertz CT molecular complexity index is 335. The molecule has 1 rings (SSSR count). The van der Waals surface area contributed by atoms with Crippen LogP contribution in [0.5, 0.6) is 0 Å². The van der Waals surface area contributed by atoms with E-state index in [9.17, 15) is 5.11 Å². The molecule has 18 heavy (non-hydrogen) atoms. The number of aliphatic hydroxyl groups excluding tert-OH is 1. The highest BCUT2D eigenvalue weighted by atomic mass is 16.3. The highest BCUT2D eigenvalue weighted by Crippen LogP contribution is 2.18. The minimum Gasteiger partial charge on any atom is -0.392 e. The van der Waals surface area contributed by atoms with Gasteiger partial charge in [-0.3, -0.25) is 0 Å². The van der Waals surface area contributed by atoms with E-state index in [-0.39, 0.29) is 6.10 Å². The second kappa shape index (κ2) is 7.39. The van der Waals surface area contributed by atoms with Crippen LogP contribution in [0.15, 0.2) is 24.3 Å². The number of likely N-dealkylation sites (N-methyl/N-ethyl adjacent to an activating group) is 1. The van der Waals surface area contributed by atoms with Crippen molar-refractivity contribution >= 4 is 5.69 Å². The number of nitrogens with one attached hydrogen (secondary N) is 1. The van der Waals surface area contributed by atoms with Gasteiger partial charge in [-0.1, -0.05) is 19.1 Å². The maximum Gasteiger partial charge on any atom is 0.0686 e. The molecule has 2 unspecified atom stereocenters. The summed E-state index contributed by atoms with van der Waals surface area (Å²) in [5.41, 5.74) is 2.44. The monoisotopic (exact) mass is 250 g/mol. The van der Waals surface area contributed by atoms with Crippen molar-refractivity contribution in [2.75, 3.05) is 25.0 Å². The van der Waals surface area contributed by atoms with Gasteiger partial charge < -0.3 is 15.3 Å². The third-order valence-corrected chi connectivity index (χ3v) is 3.07. The Morgan fingerprint density at radius 3 is 2.33 bits per heavy atom. The molecular formula is C15H26N2O. The first-order chi connectivity index (χ1) is 8.54. The first-order valence-corrected chi connectivity index (χ1v) is 6.77. The molecule has 3 heteroatoms. The lowest BCUT2D eigenvalue weighted by Gasteiger charge is -2.22. The molecule has 0 saturated carbocycles. The second-order valence-corrected chi connectivity index (χ2v) is 5.00. The van der Waals surface area contributed by atoms with E-state index in [2.05, 4.69) is 48.3 Å². The van der Waals surface area contributed by atoms with Gasteiger partial charge in [0.25, 0.3) is 0 Å². The third-order valence-electron chi connectivity index (χ3n) is 3.07. The fourth-order valence-electron chi connectivity index (χ4n) is 2.00. The van der Waals surface area contributed by atoms with Crippen molar-refractivity contribution in [2.45, 2.75) is 39.3 Å². The first kappa shape index (κ1) is 15.0. The lowest BCUT2D eigenvalue weighted by molar-refractivity contribution is 0.201. The largest absolute Gasteiger partial charge is 0.392 e. The van der Waals surface area contributed by atoms with Crippen LogP contribution in [0.4, 0.5) is 5.69 Å². The van der Waals surface area contributed by atoms with Crippen LogP contribution in [0.2, 0.25) is 0 Å². The number of nitrogens with zero attached hydrogens (tertiary/aromatic N) is 1. The van der Waals surface area contributed by atoms with Gasteiger partial charge >= 0.3 is 0 Å². The molecule has 0 saturated heterocycles. The second-order valence-electron chi connectivity index (χ2n) is 5.00. The van der Waals surface area contributed by atoms with Crippen LogP contribution in [0.3, 0.4) is 0 Å². The maximum absolute atomic E-state index is 9.37. The molecule has 0 aliphatic carbocycles. The summed E-state index contributed by atoms with van der Waals surface area (Å²) in [7, 11) is 2.00. The summed E-state index contributed by atoms with van der Waals surface area (Å²) in [5.74, 6) is 0. The average molecular weight is 250 g/mol. The van der Waals surface area contributed by atoms with Crippen LogP contribution < -0.4 is 10.2 Å². The molecule has 0 aliphatic heterocycles. The van der Waals surface area contributed by atoms with Gasteiger partial charge in [-0.15, -0.1) is 0 Å². The summed E-state index contributed by atoms with van der Waals surface area (Å²) in [6.45, 7) is 7.87. The number of aliphatic hydroxyl groups is 1. The molecule has 1 aromatic carbocycles. The van der Waals surface area contributed by atoms with Crippen LogP contribution in [-0.2, 0) is 0 Å². The van der Waals surface area contributed by atoms with Crippen molar-refractivity contribution in [3.05, 3.63) is 29.8 Å². The molecule has 0 amide bonds. The normalized spacial score (nSPS) is 14.3. The van der Waals surface area contributed by atoms with Crippen molar-refractivity contribution in [3.63, 3.8) is 0 Å². The van der Waals surface area contributed by atoms with E-state index in [1.807, 2.05) is 14.0 Å². The fraction of sp³-hybridized carbons (Fsp3) is 0.600. The van der Waals surface area contributed by atoms with Gasteiger partial charge in [-0.25, -0.2) is 0 Å². The summed E-state index contributed by atoms with van der Waals surface area (Å²) in [5, 5.41) is 12.8. The van der Waals surface area contributed by atoms with E-state index < -0.39 is 0 Å². The molecule has 0 spiro atoms. The van der Waals surface area contributed by atoms with Crippen LogP contribution in [0.25, 0.3) is 0 Å². The Kier molecular flexibility index (Phi) is 6.16. The molecule has 0 heterocycles. The van der Waals surface area contributed by atoms with Gasteiger partial charge in [0.2, 0.25) is 0 Å². The van der Waals surface area contributed by atoms with E-state index in [0.29, 0.717) is 12.6 Å². The van der Waals surface area contributed by atoms with Gasteiger partial charge in [-0.05, 0) is 44.5 Å². The van der Waals surface area contributed by atoms with Crippen LogP contribution in [-0.4, -0.2) is 31.3 Å². The molecule has 1 aromatic rings. The summed E-state index contributed by atoms with van der Waals surface area (Å²) in [4.78, 5) is 2.07. The summed E-state index contributed by atoms with van der Waals surface area (Å²) in [6.07, 6.45) is 0.847. The standard InChI is InChI=1S/C15H26N2O/c1-5-10-16-13(3)14-6-8-15(9-7-14)17(4)11-12(2)18/h6-9,12-13,16,18H,5,10-11H2,1-4H3. The fourth-order valence-corrected chi connectivity index (χ4v) is 2.00. The molecule has 0 fully saturated rings. The molecule has 0 aromatic heterocycles. The van der Waals surface area contributed by atoms with Crippen molar-refractivity contribution in [1.82, 2.24) is 5.32 Å². The third kappa shape index (κ3) is 4.67. The van der Waals surface area contributed by atoms with E-state index in [1.54, 1.807) is 0 Å². The zero-order chi connectivity index (χ0) is 13.5. The number of anilines is 1. The van der Waals surface area contributed by atoms with Crippen molar-refractivity contribution < 1.29 is 5.11 Å². The summed E-state index contributed by atoms with van der Waals surface area (Å²) < 4.78 is 0. The van der Waals surface area contributed by atoms with Gasteiger partial charge in [0.1, 0.15) is 0 Å². The summed E-state index contributed by atoms with van der Waals surface area (Å²) >= 11 is 0. The zero-order valence-electron chi connectivity index (χ0n) is 12.0. The lowest BCUT2D eigenvalue weighted by atomic mass is 10.1. The van der Waals surface area contributed by atoms with Gasteiger partial charge in [0, 0.05) is 25.3 Å². The van der Waals surface area contributed by atoms with E-state index in [1.165, 1.54) is 5.56 Å². The molecule has 3 nitrogen and oxygen atoms in total. The van der Waals surface area contributed by atoms with Crippen LogP contribution >= 0.6 is 0 Å². The average Bonchev–Trinajstić information content (AvgIpc) is 2.35. The highest BCUT2D eigenvalue weighted by Gasteiger charge is 2.07. The van der Waals surface area contributed by atoms with Crippen LogP contribution in [0, 0.1) is 0 Å². The van der Waals surface area contributed by atoms with Crippen molar-refractivity contribution in [3.8, 4) is 0 Å². The topological polar surface area (TPSA) is 35.5 Å². The lowest BCUT2D eigenvalue weighted by Crippen LogP contribution is -2.26. The molecule has 102 valence electrons. The highest BCUT2D eigenvalue weighted by molar-refractivity contribution is 5.47. The smallest absolute Gasteiger partial charge is 0.0686 e. The number of benzene rings is 1. The van der Waals surface area contributed by atoms with Gasteiger partial charge in [0.15, 0.2) is 0 Å². The Labute approximate surface area is 111 Å². The number of rotatable bonds is 7. The SMILES string of the molecule is CCCNC(C)c1ccc(N(C)CC(C)O)cc1. The minimum atomic E-state index is -0.306. The van der Waals surface area contributed by atoms with E-state index in [4.69, 9.17) is 0 Å². The minimum absolute atomic E-state index is 0.306.